The zero-order valence-electron chi connectivity index (χ0n) is 18.7. The molecule has 33 heavy (non-hydrogen) atoms. The van der Waals surface area contributed by atoms with Crippen LogP contribution in [0.2, 0.25) is 0 Å². The smallest absolute Gasteiger partial charge is 0.216 e. The van der Waals surface area contributed by atoms with E-state index >= 15 is 0 Å². The largest absolute Gasteiger partial charge is 0.492 e. The lowest BCUT2D eigenvalue weighted by atomic mass is 10.0. The fourth-order valence-electron chi connectivity index (χ4n) is 4.55. The van der Waals surface area contributed by atoms with Crippen molar-refractivity contribution in [2.75, 3.05) is 45.9 Å². The average Bonchev–Trinajstić information content (AvgIpc) is 2.80. The van der Waals surface area contributed by atoms with E-state index in [1.807, 2.05) is 12.1 Å². The van der Waals surface area contributed by atoms with E-state index in [9.17, 15) is 9.18 Å². The van der Waals surface area contributed by atoms with Crippen molar-refractivity contribution in [2.45, 2.75) is 25.2 Å². The van der Waals surface area contributed by atoms with Gasteiger partial charge in [0, 0.05) is 46.2 Å². The molecule has 3 unspecified atom stereocenters. The minimum Gasteiger partial charge on any atom is -0.492 e. The Balaban J connectivity index is 1.33. The van der Waals surface area contributed by atoms with Gasteiger partial charge in [0.05, 0.1) is 29.9 Å². The maximum absolute atomic E-state index is 13.4. The third kappa shape index (κ3) is 6.29. The number of fused-ring (bicyclic) bond motifs is 2. The number of ether oxygens (including phenoxy) is 2. The second-order valence-electron chi connectivity index (χ2n) is 8.58. The number of amides is 1. The van der Waals surface area contributed by atoms with Gasteiger partial charge in [0.1, 0.15) is 18.2 Å². The van der Waals surface area contributed by atoms with Crippen LogP contribution in [-0.4, -0.2) is 73.8 Å². The first-order chi connectivity index (χ1) is 16.0. The topological polar surface area (TPSA) is 77.8 Å². The lowest BCUT2D eigenvalue weighted by Crippen LogP contribution is -2.61. The molecule has 1 N–H and O–H groups in total. The van der Waals surface area contributed by atoms with Crippen molar-refractivity contribution in [1.82, 2.24) is 15.1 Å². The Labute approximate surface area is 193 Å². The highest BCUT2D eigenvalue weighted by Gasteiger charge is 2.37. The SMILES string of the molecule is CC(=O)NCC(c1ccc(F)cc1)N1CC2CN(CCOc3ccc(C#N)cc3)CC(C1)O2. The van der Waals surface area contributed by atoms with Crippen LogP contribution >= 0.6 is 0 Å². The second kappa shape index (κ2) is 10.8. The second-order valence-corrected chi connectivity index (χ2v) is 8.58. The Morgan fingerprint density at radius 1 is 1.15 bits per heavy atom. The molecule has 2 bridgehead atoms. The van der Waals surface area contributed by atoms with E-state index in [1.165, 1.54) is 19.1 Å². The summed E-state index contributed by atoms with van der Waals surface area (Å²) in [6, 6.07) is 15.7. The summed E-state index contributed by atoms with van der Waals surface area (Å²) in [5, 5.41) is 11.8. The molecule has 2 aliphatic rings. The third-order valence-corrected chi connectivity index (χ3v) is 6.08. The van der Waals surface area contributed by atoms with Gasteiger partial charge in [0.15, 0.2) is 0 Å². The molecule has 2 aromatic carbocycles. The monoisotopic (exact) mass is 452 g/mol. The number of nitrogens with zero attached hydrogens (tertiary/aromatic N) is 3. The Bertz CT molecular complexity index is 963. The summed E-state index contributed by atoms with van der Waals surface area (Å²) in [5.74, 6) is 0.410. The number of hydrogen-bond donors (Lipinski definition) is 1. The molecule has 2 fully saturated rings. The van der Waals surface area contributed by atoms with E-state index in [4.69, 9.17) is 14.7 Å². The molecule has 174 valence electrons. The number of nitriles is 1. The maximum Gasteiger partial charge on any atom is 0.216 e. The van der Waals surface area contributed by atoms with Gasteiger partial charge in [-0.25, -0.2) is 4.39 Å². The molecule has 0 radical (unpaired) electrons. The van der Waals surface area contributed by atoms with Crippen LogP contribution < -0.4 is 10.1 Å². The van der Waals surface area contributed by atoms with Gasteiger partial charge in [0.25, 0.3) is 0 Å². The number of carbonyl (C=O) groups excluding carboxylic acids is 1. The molecule has 4 rings (SSSR count). The normalized spacial score (nSPS) is 21.7. The standard InChI is InChI=1S/C25H29FN4O3/c1-18(31)28-13-25(20-4-6-21(26)7-5-20)30-16-23-14-29(15-24(17-30)33-23)10-11-32-22-8-2-19(12-27)3-9-22/h2-9,23-25H,10-11,13-17H2,1H3,(H,28,31). The van der Waals surface area contributed by atoms with Gasteiger partial charge in [0.2, 0.25) is 5.91 Å². The van der Waals surface area contributed by atoms with E-state index in [1.54, 1.807) is 24.3 Å². The minimum absolute atomic E-state index is 0.0327. The highest BCUT2D eigenvalue weighted by molar-refractivity contribution is 5.72. The van der Waals surface area contributed by atoms with Gasteiger partial charge in [-0.1, -0.05) is 12.1 Å². The molecule has 0 spiro atoms. The molecule has 7 nitrogen and oxygen atoms in total. The highest BCUT2D eigenvalue weighted by atomic mass is 19.1. The summed E-state index contributed by atoms with van der Waals surface area (Å²) in [6.07, 6.45) is 0.125. The highest BCUT2D eigenvalue weighted by Crippen LogP contribution is 2.28. The first kappa shape index (κ1) is 23.2. The van der Waals surface area contributed by atoms with Crippen LogP contribution in [0.3, 0.4) is 0 Å². The first-order valence-electron chi connectivity index (χ1n) is 11.2. The first-order valence-corrected chi connectivity index (χ1v) is 11.2. The molecule has 2 aliphatic heterocycles. The van der Waals surface area contributed by atoms with Gasteiger partial charge in [-0.15, -0.1) is 0 Å². The molecule has 2 saturated heterocycles. The van der Waals surface area contributed by atoms with Crippen LogP contribution in [-0.2, 0) is 9.53 Å². The summed E-state index contributed by atoms with van der Waals surface area (Å²) in [7, 11) is 0. The van der Waals surface area contributed by atoms with Crippen LogP contribution in [0.4, 0.5) is 4.39 Å². The number of nitrogens with one attached hydrogen (secondary N) is 1. The molecule has 0 aromatic heterocycles. The quantitative estimate of drug-likeness (QED) is 0.663. The zero-order chi connectivity index (χ0) is 23.2. The molecule has 2 aromatic rings. The molecule has 8 heteroatoms. The fourth-order valence-corrected chi connectivity index (χ4v) is 4.55. The number of carbonyl (C=O) groups is 1. The lowest BCUT2D eigenvalue weighted by molar-refractivity contribution is -0.147. The summed E-state index contributed by atoms with van der Waals surface area (Å²) < 4.78 is 25.5. The van der Waals surface area contributed by atoms with Crippen LogP contribution in [0.25, 0.3) is 0 Å². The number of morpholine rings is 2. The Morgan fingerprint density at radius 2 is 1.82 bits per heavy atom. The van der Waals surface area contributed by atoms with Crippen LogP contribution in [0, 0.1) is 17.1 Å². The third-order valence-electron chi connectivity index (χ3n) is 6.08. The van der Waals surface area contributed by atoms with E-state index in [0.717, 1.165) is 44.0 Å². The molecule has 3 atom stereocenters. The molecule has 0 aliphatic carbocycles. The van der Waals surface area contributed by atoms with E-state index in [-0.39, 0.29) is 30.0 Å². The summed E-state index contributed by atoms with van der Waals surface area (Å²) >= 11 is 0. The summed E-state index contributed by atoms with van der Waals surface area (Å²) in [5.41, 5.74) is 1.60. The van der Waals surface area contributed by atoms with Gasteiger partial charge in [-0.05, 0) is 42.0 Å². The van der Waals surface area contributed by atoms with Crippen molar-refractivity contribution in [2.24, 2.45) is 0 Å². The molecular formula is C25H29FN4O3. The van der Waals surface area contributed by atoms with Crippen LogP contribution in [0.1, 0.15) is 24.1 Å². The molecule has 0 saturated carbocycles. The van der Waals surface area contributed by atoms with Crippen molar-refractivity contribution < 1.29 is 18.7 Å². The Kier molecular flexibility index (Phi) is 7.55. The van der Waals surface area contributed by atoms with Gasteiger partial charge < -0.3 is 14.8 Å². The molecule has 2 heterocycles. The van der Waals surface area contributed by atoms with Crippen molar-refractivity contribution >= 4 is 5.91 Å². The number of halogens is 1. The Morgan fingerprint density at radius 3 is 2.42 bits per heavy atom. The van der Waals surface area contributed by atoms with Crippen molar-refractivity contribution in [3.63, 3.8) is 0 Å². The number of benzene rings is 2. The fraction of sp³-hybridized carbons (Fsp3) is 0.440. The van der Waals surface area contributed by atoms with E-state index in [0.29, 0.717) is 18.7 Å². The van der Waals surface area contributed by atoms with Gasteiger partial charge >= 0.3 is 0 Å². The average molecular weight is 453 g/mol. The zero-order valence-corrected chi connectivity index (χ0v) is 18.7. The van der Waals surface area contributed by atoms with Crippen LogP contribution in [0.5, 0.6) is 5.75 Å². The van der Waals surface area contributed by atoms with Crippen molar-refractivity contribution in [3.8, 4) is 11.8 Å². The predicted molar refractivity (Wildman–Crippen MR) is 121 cm³/mol. The number of hydrogen-bond acceptors (Lipinski definition) is 6. The van der Waals surface area contributed by atoms with Crippen molar-refractivity contribution in [1.29, 1.82) is 5.26 Å². The van der Waals surface area contributed by atoms with Gasteiger partial charge in [-0.2, -0.15) is 5.26 Å². The lowest BCUT2D eigenvalue weighted by Gasteiger charge is -2.48. The van der Waals surface area contributed by atoms with Crippen LogP contribution in [0.15, 0.2) is 48.5 Å². The maximum atomic E-state index is 13.4. The Hall–Kier alpha value is -2.99. The van der Waals surface area contributed by atoms with E-state index < -0.39 is 0 Å². The number of rotatable bonds is 8. The molecular weight excluding hydrogens is 423 g/mol. The van der Waals surface area contributed by atoms with Gasteiger partial charge in [-0.3, -0.25) is 14.6 Å². The summed E-state index contributed by atoms with van der Waals surface area (Å²) in [4.78, 5) is 16.2. The predicted octanol–water partition coefficient (Wildman–Crippen LogP) is 2.34. The molecule has 1 amide bonds. The van der Waals surface area contributed by atoms with Crippen molar-refractivity contribution in [3.05, 3.63) is 65.5 Å². The summed E-state index contributed by atoms with van der Waals surface area (Å²) in [6.45, 7) is 6.44. The minimum atomic E-state index is -0.269. The van der Waals surface area contributed by atoms with E-state index in [2.05, 4.69) is 21.2 Å².